The van der Waals surface area contributed by atoms with Crippen molar-refractivity contribution < 1.29 is 9.13 Å². The lowest BCUT2D eigenvalue weighted by atomic mass is 10.3. The van der Waals surface area contributed by atoms with Crippen LogP contribution >= 0.6 is 11.8 Å². The van der Waals surface area contributed by atoms with E-state index >= 15 is 0 Å². The smallest absolute Gasteiger partial charge is 0.123 e. The molecule has 0 aliphatic heterocycles. The molecular formula is C10H14FNOS. The van der Waals surface area contributed by atoms with E-state index < -0.39 is 0 Å². The van der Waals surface area contributed by atoms with Crippen molar-refractivity contribution in [2.45, 2.75) is 11.0 Å². The highest BCUT2D eigenvalue weighted by molar-refractivity contribution is 7.99. The molecule has 1 atom stereocenters. The molecule has 2 N–H and O–H groups in total. The van der Waals surface area contributed by atoms with E-state index in [1.165, 1.54) is 12.1 Å². The molecule has 0 heterocycles. The van der Waals surface area contributed by atoms with Crippen molar-refractivity contribution in [3.8, 4) is 0 Å². The lowest BCUT2D eigenvalue weighted by Gasteiger charge is -2.11. The fourth-order valence-electron chi connectivity index (χ4n) is 0.952. The summed E-state index contributed by atoms with van der Waals surface area (Å²) in [5.74, 6) is 0.579. The fraction of sp³-hybridized carbons (Fsp3) is 0.400. The molecule has 0 aliphatic rings. The summed E-state index contributed by atoms with van der Waals surface area (Å²) in [7, 11) is 1.64. The topological polar surface area (TPSA) is 35.2 Å². The summed E-state index contributed by atoms with van der Waals surface area (Å²) in [5, 5.41) is 0. The normalized spacial score (nSPS) is 12.8. The van der Waals surface area contributed by atoms with Crippen LogP contribution < -0.4 is 5.73 Å². The number of nitrogens with two attached hydrogens (primary N) is 1. The predicted molar refractivity (Wildman–Crippen MR) is 57.0 cm³/mol. The van der Waals surface area contributed by atoms with Crippen molar-refractivity contribution >= 4 is 11.8 Å². The number of hydrogen-bond acceptors (Lipinski definition) is 3. The second-order valence-electron chi connectivity index (χ2n) is 2.86. The van der Waals surface area contributed by atoms with Crippen LogP contribution in [0.5, 0.6) is 0 Å². The van der Waals surface area contributed by atoms with E-state index in [2.05, 4.69) is 0 Å². The van der Waals surface area contributed by atoms with Crippen molar-refractivity contribution in [2.24, 2.45) is 5.73 Å². The maximum Gasteiger partial charge on any atom is 0.123 e. The molecular weight excluding hydrogens is 201 g/mol. The molecule has 14 heavy (non-hydrogen) atoms. The number of ether oxygens (including phenoxy) is 1. The Labute approximate surface area is 87.6 Å². The number of hydrogen-bond donors (Lipinski definition) is 1. The number of benzene rings is 1. The minimum atomic E-state index is -0.212. The predicted octanol–water partition coefficient (Wildman–Crippen LogP) is 1.89. The van der Waals surface area contributed by atoms with Gasteiger partial charge in [0.25, 0.3) is 0 Å². The molecule has 0 radical (unpaired) electrons. The molecule has 0 aliphatic carbocycles. The minimum Gasteiger partial charge on any atom is -0.379 e. The van der Waals surface area contributed by atoms with E-state index in [1.807, 2.05) is 0 Å². The van der Waals surface area contributed by atoms with Gasteiger partial charge in [0.2, 0.25) is 0 Å². The molecule has 1 rings (SSSR count). The first kappa shape index (κ1) is 11.5. The Morgan fingerprint density at radius 1 is 1.43 bits per heavy atom. The quantitative estimate of drug-likeness (QED) is 0.762. The molecule has 0 saturated heterocycles. The summed E-state index contributed by atoms with van der Waals surface area (Å²) >= 11 is 1.61. The summed E-state index contributed by atoms with van der Waals surface area (Å²) < 4.78 is 17.7. The Hall–Kier alpha value is -0.580. The van der Waals surface area contributed by atoms with E-state index in [0.29, 0.717) is 6.54 Å². The van der Waals surface area contributed by atoms with Gasteiger partial charge in [0.05, 0.1) is 6.10 Å². The number of rotatable bonds is 5. The lowest BCUT2D eigenvalue weighted by Crippen LogP contribution is -2.24. The van der Waals surface area contributed by atoms with Crippen LogP contribution in [0, 0.1) is 5.82 Å². The third-order valence-corrected chi connectivity index (χ3v) is 2.99. The fourth-order valence-corrected chi connectivity index (χ4v) is 1.93. The van der Waals surface area contributed by atoms with Gasteiger partial charge in [0.1, 0.15) is 5.82 Å². The van der Waals surface area contributed by atoms with E-state index in [1.54, 1.807) is 31.0 Å². The molecule has 2 nitrogen and oxygen atoms in total. The molecule has 0 amide bonds. The Morgan fingerprint density at radius 3 is 2.57 bits per heavy atom. The SMILES string of the molecule is COC(CN)CSc1ccc(F)cc1. The maximum absolute atomic E-state index is 12.6. The molecule has 1 aromatic carbocycles. The van der Waals surface area contributed by atoms with Crippen LogP contribution in [0.15, 0.2) is 29.2 Å². The van der Waals surface area contributed by atoms with Crippen LogP contribution in [-0.4, -0.2) is 25.5 Å². The Kier molecular flexibility index (Phi) is 4.93. The zero-order valence-corrected chi connectivity index (χ0v) is 8.89. The summed E-state index contributed by atoms with van der Waals surface area (Å²) in [4.78, 5) is 1.03. The van der Waals surface area contributed by atoms with E-state index in [-0.39, 0.29) is 11.9 Å². The zero-order chi connectivity index (χ0) is 10.4. The van der Waals surface area contributed by atoms with E-state index in [4.69, 9.17) is 10.5 Å². The summed E-state index contributed by atoms with van der Waals surface area (Å²) in [6.07, 6.45) is 0.0602. The van der Waals surface area contributed by atoms with Gasteiger partial charge in [-0.05, 0) is 24.3 Å². The van der Waals surface area contributed by atoms with E-state index in [0.717, 1.165) is 10.6 Å². The average Bonchev–Trinajstić information content (AvgIpc) is 2.22. The van der Waals surface area contributed by atoms with Crippen molar-refractivity contribution in [1.29, 1.82) is 0 Å². The molecule has 0 bridgehead atoms. The second-order valence-corrected chi connectivity index (χ2v) is 3.95. The highest BCUT2D eigenvalue weighted by Crippen LogP contribution is 2.19. The van der Waals surface area contributed by atoms with Gasteiger partial charge in [-0.3, -0.25) is 0 Å². The second kappa shape index (κ2) is 6.01. The van der Waals surface area contributed by atoms with Crippen LogP contribution in [0.4, 0.5) is 4.39 Å². The van der Waals surface area contributed by atoms with Crippen LogP contribution in [0.3, 0.4) is 0 Å². The molecule has 1 unspecified atom stereocenters. The number of thioether (sulfide) groups is 1. The van der Waals surface area contributed by atoms with Gasteiger partial charge >= 0.3 is 0 Å². The zero-order valence-electron chi connectivity index (χ0n) is 8.07. The van der Waals surface area contributed by atoms with Gasteiger partial charge in [-0.15, -0.1) is 11.8 Å². The van der Waals surface area contributed by atoms with Crippen LogP contribution in [0.1, 0.15) is 0 Å². The van der Waals surface area contributed by atoms with Gasteiger partial charge < -0.3 is 10.5 Å². The van der Waals surface area contributed by atoms with Gasteiger partial charge in [0.15, 0.2) is 0 Å². The van der Waals surface area contributed by atoms with Crippen molar-refractivity contribution in [1.82, 2.24) is 0 Å². The third kappa shape index (κ3) is 3.65. The molecule has 4 heteroatoms. The monoisotopic (exact) mass is 215 g/mol. The van der Waals surface area contributed by atoms with Crippen LogP contribution in [0.2, 0.25) is 0 Å². The average molecular weight is 215 g/mol. The highest BCUT2D eigenvalue weighted by atomic mass is 32.2. The van der Waals surface area contributed by atoms with Crippen LogP contribution in [0.25, 0.3) is 0 Å². The van der Waals surface area contributed by atoms with Gasteiger partial charge in [-0.2, -0.15) is 0 Å². The lowest BCUT2D eigenvalue weighted by molar-refractivity contribution is 0.129. The first-order valence-corrected chi connectivity index (χ1v) is 5.36. The number of halogens is 1. The van der Waals surface area contributed by atoms with Crippen molar-refractivity contribution in [2.75, 3.05) is 19.4 Å². The Morgan fingerprint density at radius 2 is 2.07 bits per heavy atom. The maximum atomic E-state index is 12.6. The summed E-state index contributed by atoms with van der Waals surface area (Å²) in [6, 6.07) is 6.41. The third-order valence-electron chi connectivity index (χ3n) is 1.85. The Balaban J connectivity index is 2.41. The summed E-state index contributed by atoms with van der Waals surface area (Å²) in [5.41, 5.74) is 5.47. The van der Waals surface area contributed by atoms with Gasteiger partial charge in [0, 0.05) is 24.3 Å². The van der Waals surface area contributed by atoms with Gasteiger partial charge in [-0.1, -0.05) is 0 Å². The van der Waals surface area contributed by atoms with Crippen molar-refractivity contribution in [3.63, 3.8) is 0 Å². The Bertz CT molecular complexity index is 261. The molecule has 0 saturated carbocycles. The highest BCUT2D eigenvalue weighted by Gasteiger charge is 2.04. The van der Waals surface area contributed by atoms with Crippen LogP contribution in [-0.2, 0) is 4.74 Å². The summed E-state index contributed by atoms with van der Waals surface area (Å²) in [6.45, 7) is 0.505. The van der Waals surface area contributed by atoms with E-state index in [9.17, 15) is 4.39 Å². The standard InChI is InChI=1S/C10H14FNOS/c1-13-9(6-12)7-14-10-4-2-8(11)3-5-10/h2-5,9H,6-7,12H2,1H3. The molecule has 1 aromatic rings. The van der Waals surface area contributed by atoms with Gasteiger partial charge in [-0.25, -0.2) is 4.39 Å². The molecule has 0 aromatic heterocycles. The molecule has 78 valence electrons. The first-order chi connectivity index (χ1) is 6.76. The number of methoxy groups -OCH3 is 1. The molecule has 0 spiro atoms. The van der Waals surface area contributed by atoms with Crippen molar-refractivity contribution in [3.05, 3.63) is 30.1 Å². The largest absolute Gasteiger partial charge is 0.379 e. The minimum absolute atomic E-state index is 0.0602. The molecule has 0 fully saturated rings. The first-order valence-electron chi connectivity index (χ1n) is 4.37.